The Bertz CT molecular complexity index is 635. The Balaban J connectivity index is 2.54. The molecular formula is C15H13FO3. The molecule has 0 aromatic heterocycles. The van der Waals surface area contributed by atoms with Gasteiger partial charge >= 0.3 is 5.97 Å². The van der Waals surface area contributed by atoms with Gasteiger partial charge in [0.05, 0.1) is 7.11 Å². The summed E-state index contributed by atoms with van der Waals surface area (Å²) in [5.74, 6) is -1.21. The average molecular weight is 260 g/mol. The second-order valence-corrected chi connectivity index (χ2v) is 4.20. The Labute approximate surface area is 110 Å². The van der Waals surface area contributed by atoms with Gasteiger partial charge < -0.3 is 9.84 Å². The lowest BCUT2D eigenvalue weighted by Crippen LogP contribution is -2.00. The highest BCUT2D eigenvalue weighted by atomic mass is 19.1. The molecule has 0 spiro atoms. The minimum absolute atomic E-state index is 0.0544. The second kappa shape index (κ2) is 5.10. The first-order valence-electron chi connectivity index (χ1n) is 5.71. The zero-order chi connectivity index (χ0) is 14.0. The van der Waals surface area contributed by atoms with E-state index in [1.807, 2.05) is 0 Å². The van der Waals surface area contributed by atoms with Gasteiger partial charge in [-0.05, 0) is 36.2 Å². The first-order valence-corrected chi connectivity index (χ1v) is 5.71. The summed E-state index contributed by atoms with van der Waals surface area (Å²) >= 11 is 0. The Morgan fingerprint density at radius 3 is 2.53 bits per heavy atom. The van der Waals surface area contributed by atoms with E-state index >= 15 is 0 Å². The van der Waals surface area contributed by atoms with Crippen LogP contribution in [0.3, 0.4) is 0 Å². The highest BCUT2D eigenvalue weighted by Gasteiger charge is 2.13. The number of carboxylic acids is 1. The van der Waals surface area contributed by atoms with Gasteiger partial charge in [0.25, 0.3) is 0 Å². The molecule has 0 saturated carbocycles. The van der Waals surface area contributed by atoms with Gasteiger partial charge in [-0.3, -0.25) is 0 Å². The van der Waals surface area contributed by atoms with E-state index in [9.17, 15) is 9.18 Å². The third-order valence-electron chi connectivity index (χ3n) is 2.87. The van der Waals surface area contributed by atoms with Gasteiger partial charge in [0.15, 0.2) is 0 Å². The molecule has 1 N–H and O–H groups in total. The minimum Gasteiger partial charge on any atom is -0.496 e. The molecule has 0 heterocycles. The van der Waals surface area contributed by atoms with Crippen LogP contribution >= 0.6 is 0 Å². The maximum absolute atomic E-state index is 13.9. The molecule has 0 amide bonds. The summed E-state index contributed by atoms with van der Waals surface area (Å²) < 4.78 is 18.9. The number of hydrogen-bond donors (Lipinski definition) is 1. The summed E-state index contributed by atoms with van der Waals surface area (Å²) in [6, 6.07) is 9.41. The third kappa shape index (κ3) is 2.57. The highest BCUT2D eigenvalue weighted by Crippen LogP contribution is 2.29. The molecule has 98 valence electrons. The molecule has 2 aromatic carbocycles. The van der Waals surface area contributed by atoms with Crippen molar-refractivity contribution in [3.8, 4) is 16.9 Å². The predicted octanol–water partition coefficient (Wildman–Crippen LogP) is 3.51. The standard InChI is InChI=1S/C15H13FO3/c1-9-3-5-11(13(16)7-9)10-4-6-12(15(17)18)14(8-10)19-2/h3-8H,1-2H3,(H,17,18). The van der Waals surface area contributed by atoms with Crippen molar-refractivity contribution in [2.24, 2.45) is 0 Å². The molecule has 0 aliphatic heterocycles. The van der Waals surface area contributed by atoms with Gasteiger partial charge in [-0.2, -0.15) is 0 Å². The molecule has 0 aliphatic carbocycles. The fourth-order valence-corrected chi connectivity index (χ4v) is 1.89. The molecule has 0 radical (unpaired) electrons. The monoisotopic (exact) mass is 260 g/mol. The average Bonchev–Trinajstić information content (AvgIpc) is 2.37. The van der Waals surface area contributed by atoms with E-state index in [0.717, 1.165) is 5.56 Å². The number of aromatic carboxylic acids is 1. The van der Waals surface area contributed by atoms with Crippen molar-refractivity contribution in [3.05, 3.63) is 53.3 Å². The molecule has 0 bridgehead atoms. The van der Waals surface area contributed by atoms with Crippen LogP contribution in [0.1, 0.15) is 15.9 Å². The van der Waals surface area contributed by atoms with Crippen LogP contribution in [0.15, 0.2) is 36.4 Å². The molecule has 3 nitrogen and oxygen atoms in total. The Morgan fingerprint density at radius 1 is 1.21 bits per heavy atom. The van der Waals surface area contributed by atoms with Gasteiger partial charge in [0.2, 0.25) is 0 Å². The van der Waals surface area contributed by atoms with Crippen LogP contribution in [0, 0.1) is 12.7 Å². The first kappa shape index (κ1) is 13.1. The molecule has 0 saturated heterocycles. The van der Waals surface area contributed by atoms with Crippen molar-refractivity contribution in [1.29, 1.82) is 0 Å². The number of halogens is 1. The molecular weight excluding hydrogens is 247 g/mol. The predicted molar refractivity (Wildman–Crippen MR) is 70.1 cm³/mol. The third-order valence-corrected chi connectivity index (χ3v) is 2.87. The van der Waals surface area contributed by atoms with Gasteiger partial charge in [-0.1, -0.05) is 18.2 Å². The Morgan fingerprint density at radius 2 is 1.95 bits per heavy atom. The highest BCUT2D eigenvalue weighted by molar-refractivity contribution is 5.92. The lowest BCUT2D eigenvalue weighted by Gasteiger charge is -2.09. The van der Waals surface area contributed by atoms with Crippen LogP contribution in [0.2, 0.25) is 0 Å². The van der Waals surface area contributed by atoms with Crippen molar-refractivity contribution in [2.75, 3.05) is 7.11 Å². The van der Waals surface area contributed by atoms with Crippen LogP contribution in [0.25, 0.3) is 11.1 Å². The van der Waals surface area contributed by atoms with Crippen molar-refractivity contribution >= 4 is 5.97 Å². The van der Waals surface area contributed by atoms with Crippen LogP contribution in [-0.4, -0.2) is 18.2 Å². The topological polar surface area (TPSA) is 46.5 Å². The quantitative estimate of drug-likeness (QED) is 0.918. The van der Waals surface area contributed by atoms with Gasteiger partial charge in [-0.15, -0.1) is 0 Å². The van der Waals surface area contributed by atoms with E-state index in [1.54, 1.807) is 25.1 Å². The SMILES string of the molecule is COc1cc(-c2ccc(C)cc2F)ccc1C(=O)O. The fourth-order valence-electron chi connectivity index (χ4n) is 1.89. The van der Waals surface area contributed by atoms with Gasteiger partial charge in [-0.25, -0.2) is 9.18 Å². The number of carbonyl (C=O) groups is 1. The van der Waals surface area contributed by atoms with Crippen LogP contribution < -0.4 is 4.74 Å². The summed E-state index contributed by atoms with van der Waals surface area (Å²) in [5, 5.41) is 9.00. The number of benzene rings is 2. The summed E-state index contributed by atoms with van der Waals surface area (Å²) in [5.41, 5.74) is 1.88. The van der Waals surface area contributed by atoms with Crippen LogP contribution in [-0.2, 0) is 0 Å². The number of carboxylic acid groups (broad SMARTS) is 1. The summed E-state index contributed by atoms with van der Waals surface area (Å²) in [6.45, 7) is 1.81. The maximum Gasteiger partial charge on any atom is 0.339 e. The Hall–Kier alpha value is -2.36. The van der Waals surface area contributed by atoms with E-state index in [-0.39, 0.29) is 17.1 Å². The van der Waals surface area contributed by atoms with E-state index < -0.39 is 5.97 Å². The fraction of sp³-hybridized carbons (Fsp3) is 0.133. The molecule has 4 heteroatoms. The zero-order valence-electron chi connectivity index (χ0n) is 10.6. The number of hydrogen-bond acceptors (Lipinski definition) is 2. The van der Waals surface area contributed by atoms with Crippen molar-refractivity contribution in [1.82, 2.24) is 0 Å². The first-order chi connectivity index (χ1) is 9.02. The zero-order valence-corrected chi connectivity index (χ0v) is 10.6. The van der Waals surface area contributed by atoms with E-state index in [4.69, 9.17) is 9.84 Å². The van der Waals surface area contributed by atoms with E-state index in [2.05, 4.69) is 0 Å². The number of rotatable bonds is 3. The second-order valence-electron chi connectivity index (χ2n) is 4.20. The molecule has 0 fully saturated rings. The van der Waals surface area contributed by atoms with Gasteiger partial charge in [0.1, 0.15) is 17.1 Å². The lowest BCUT2D eigenvalue weighted by atomic mass is 10.0. The van der Waals surface area contributed by atoms with Crippen molar-refractivity contribution in [3.63, 3.8) is 0 Å². The minimum atomic E-state index is -1.08. The maximum atomic E-state index is 13.9. The Kier molecular flexibility index (Phi) is 3.51. The summed E-state index contributed by atoms with van der Waals surface area (Å²) in [4.78, 5) is 11.0. The van der Waals surface area contributed by atoms with Crippen molar-refractivity contribution in [2.45, 2.75) is 6.92 Å². The molecule has 2 aromatic rings. The largest absolute Gasteiger partial charge is 0.496 e. The number of ether oxygens (including phenoxy) is 1. The van der Waals surface area contributed by atoms with E-state index in [0.29, 0.717) is 11.1 Å². The summed E-state index contributed by atoms with van der Waals surface area (Å²) in [7, 11) is 1.39. The van der Waals surface area contributed by atoms with Gasteiger partial charge in [0, 0.05) is 5.56 Å². The van der Waals surface area contributed by atoms with E-state index in [1.165, 1.54) is 25.3 Å². The van der Waals surface area contributed by atoms with Crippen molar-refractivity contribution < 1.29 is 19.0 Å². The van der Waals surface area contributed by atoms with Crippen LogP contribution in [0.4, 0.5) is 4.39 Å². The molecule has 19 heavy (non-hydrogen) atoms. The normalized spacial score (nSPS) is 10.3. The molecule has 0 unspecified atom stereocenters. The lowest BCUT2D eigenvalue weighted by molar-refractivity contribution is 0.0693. The molecule has 0 atom stereocenters. The molecule has 2 rings (SSSR count). The number of methoxy groups -OCH3 is 1. The number of aryl methyl sites for hydroxylation is 1. The molecule has 0 aliphatic rings. The smallest absolute Gasteiger partial charge is 0.339 e. The van der Waals surface area contributed by atoms with Crippen LogP contribution in [0.5, 0.6) is 5.75 Å². The summed E-state index contributed by atoms with van der Waals surface area (Å²) in [6.07, 6.45) is 0.